The molecular formula is C20H34N2O2. The van der Waals surface area contributed by atoms with E-state index in [1.165, 1.54) is 11.1 Å². The molecule has 0 heterocycles. The van der Waals surface area contributed by atoms with Crippen molar-refractivity contribution in [2.75, 3.05) is 6.54 Å². The van der Waals surface area contributed by atoms with E-state index in [9.17, 15) is 4.79 Å². The van der Waals surface area contributed by atoms with E-state index in [1.54, 1.807) is 0 Å². The Morgan fingerprint density at radius 2 is 1.88 bits per heavy atom. The van der Waals surface area contributed by atoms with E-state index >= 15 is 0 Å². The lowest BCUT2D eigenvalue weighted by molar-refractivity contribution is 0.0506. The Balaban J connectivity index is 2.18. The zero-order chi connectivity index (χ0) is 18.2. The molecule has 0 aliphatic carbocycles. The molecule has 0 saturated carbocycles. The average Bonchev–Trinajstić information content (AvgIpc) is 2.43. The Kier molecular flexibility index (Phi) is 8.26. The second-order valence-corrected chi connectivity index (χ2v) is 7.72. The maximum absolute atomic E-state index is 11.7. The second-order valence-electron chi connectivity index (χ2n) is 7.72. The molecule has 2 N–H and O–H groups in total. The summed E-state index contributed by atoms with van der Waals surface area (Å²) in [6.45, 7) is 12.8. The van der Waals surface area contributed by atoms with Gasteiger partial charge in [-0.1, -0.05) is 29.8 Å². The van der Waals surface area contributed by atoms with Crippen molar-refractivity contribution in [3.05, 3.63) is 35.4 Å². The van der Waals surface area contributed by atoms with Crippen LogP contribution < -0.4 is 10.6 Å². The molecule has 1 rings (SSSR count). The summed E-state index contributed by atoms with van der Waals surface area (Å²) in [4.78, 5) is 11.7. The fourth-order valence-corrected chi connectivity index (χ4v) is 2.48. The van der Waals surface area contributed by atoms with Crippen LogP contribution in [0.1, 0.15) is 58.6 Å². The number of carbonyl (C=O) groups excluding carboxylic acids is 1. The number of rotatable bonds is 8. The summed E-state index contributed by atoms with van der Waals surface area (Å²) in [7, 11) is 0. The molecule has 1 aromatic rings. The van der Waals surface area contributed by atoms with Gasteiger partial charge in [0.2, 0.25) is 0 Å². The first-order valence-corrected chi connectivity index (χ1v) is 8.94. The van der Waals surface area contributed by atoms with Crippen LogP contribution in [0.25, 0.3) is 0 Å². The predicted molar refractivity (Wildman–Crippen MR) is 100 cm³/mol. The third-order valence-electron chi connectivity index (χ3n) is 3.78. The molecular weight excluding hydrogens is 300 g/mol. The van der Waals surface area contributed by atoms with Crippen LogP contribution >= 0.6 is 0 Å². The first-order valence-electron chi connectivity index (χ1n) is 8.94. The van der Waals surface area contributed by atoms with E-state index in [4.69, 9.17) is 4.74 Å². The fourth-order valence-electron chi connectivity index (χ4n) is 2.48. The number of benzene rings is 1. The van der Waals surface area contributed by atoms with Crippen molar-refractivity contribution in [2.24, 2.45) is 0 Å². The zero-order valence-corrected chi connectivity index (χ0v) is 16.1. The van der Waals surface area contributed by atoms with Crippen molar-refractivity contribution < 1.29 is 9.53 Å². The number of amides is 1. The van der Waals surface area contributed by atoms with Gasteiger partial charge >= 0.3 is 6.09 Å². The van der Waals surface area contributed by atoms with Gasteiger partial charge in [-0.15, -0.1) is 0 Å². The molecule has 4 nitrogen and oxygen atoms in total. The Bertz CT molecular complexity index is 509. The third kappa shape index (κ3) is 9.56. The van der Waals surface area contributed by atoms with Crippen LogP contribution in [0.2, 0.25) is 0 Å². The molecule has 1 amide bonds. The summed E-state index contributed by atoms with van der Waals surface area (Å²) < 4.78 is 5.26. The fraction of sp³-hybridized carbons (Fsp3) is 0.650. The minimum atomic E-state index is -0.452. The number of nitrogens with one attached hydrogen (secondary N) is 2. The molecule has 0 aromatic heterocycles. The van der Waals surface area contributed by atoms with E-state index < -0.39 is 5.60 Å². The molecule has 0 bridgehead atoms. The van der Waals surface area contributed by atoms with E-state index in [0.717, 1.165) is 25.8 Å². The monoisotopic (exact) mass is 334 g/mol. The molecule has 0 aliphatic rings. The first-order chi connectivity index (χ1) is 11.2. The summed E-state index contributed by atoms with van der Waals surface area (Å²) in [6, 6.07) is 9.24. The van der Waals surface area contributed by atoms with Crippen molar-refractivity contribution in [1.29, 1.82) is 0 Å². The first kappa shape index (κ1) is 20.5. The smallest absolute Gasteiger partial charge is 0.407 e. The number of ether oxygens (including phenoxy) is 1. The van der Waals surface area contributed by atoms with Gasteiger partial charge in [0.25, 0.3) is 0 Å². The van der Waals surface area contributed by atoms with Crippen LogP contribution in [-0.2, 0) is 11.2 Å². The maximum atomic E-state index is 11.7. The average molecular weight is 335 g/mol. The van der Waals surface area contributed by atoms with Crippen molar-refractivity contribution >= 4 is 6.09 Å². The minimum absolute atomic E-state index is 0.0938. The summed E-state index contributed by atoms with van der Waals surface area (Å²) in [5, 5.41) is 6.40. The van der Waals surface area contributed by atoms with E-state index in [0.29, 0.717) is 6.04 Å². The Morgan fingerprint density at radius 1 is 1.17 bits per heavy atom. The lowest BCUT2D eigenvalue weighted by Gasteiger charge is -2.22. The van der Waals surface area contributed by atoms with Crippen molar-refractivity contribution in [3.63, 3.8) is 0 Å². The summed E-state index contributed by atoms with van der Waals surface area (Å²) in [6.07, 6.45) is 2.73. The number of aryl methyl sites for hydroxylation is 2. The molecule has 0 radical (unpaired) electrons. The number of alkyl carbamates (subject to hydrolysis) is 1. The molecule has 0 aliphatic heterocycles. The lowest BCUT2D eigenvalue weighted by atomic mass is 10.0. The van der Waals surface area contributed by atoms with Crippen molar-refractivity contribution in [2.45, 2.75) is 78.5 Å². The van der Waals surface area contributed by atoms with Gasteiger partial charge in [0.05, 0.1) is 0 Å². The standard InChI is InChI=1S/C20H34N2O2/c1-15-8-7-9-18(14-15)11-10-16(2)21-13-12-17(3)22-19(23)24-20(4,5)6/h7-9,14,16-17,21H,10-13H2,1-6H3,(H,22,23). The zero-order valence-electron chi connectivity index (χ0n) is 16.1. The highest BCUT2D eigenvalue weighted by Gasteiger charge is 2.17. The van der Waals surface area contributed by atoms with Crippen molar-refractivity contribution in [1.82, 2.24) is 10.6 Å². The summed E-state index contributed by atoms with van der Waals surface area (Å²) >= 11 is 0. The van der Waals surface area contributed by atoms with E-state index in [1.807, 2.05) is 27.7 Å². The molecule has 24 heavy (non-hydrogen) atoms. The number of hydrogen-bond acceptors (Lipinski definition) is 3. The highest BCUT2D eigenvalue weighted by molar-refractivity contribution is 5.67. The van der Waals surface area contributed by atoms with Gasteiger partial charge in [-0.25, -0.2) is 4.79 Å². The number of hydrogen-bond donors (Lipinski definition) is 2. The van der Waals surface area contributed by atoms with Gasteiger partial charge in [0.1, 0.15) is 5.60 Å². The van der Waals surface area contributed by atoms with Gasteiger partial charge < -0.3 is 15.4 Å². The van der Waals surface area contributed by atoms with Crippen LogP contribution in [0.3, 0.4) is 0 Å². The van der Waals surface area contributed by atoms with Gasteiger partial charge in [-0.3, -0.25) is 0 Å². The van der Waals surface area contributed by atoms with Crippen LogP contribution in [0.15, 0.2) is 24.3 Å². The van der Waals surface area contributed by atoms with Crippen LogP contribution in [0.4, 0.5) is 4.79 Å². The lowest BCUT2D eigenvalue weighted by Crippen LogP contribution is -2.39. The van der Waals surface area contributed by atoms with Crippen LogP contribution in [0.5, 0.6) is 0 Å². The summed E-state index contributed by atoms with van der Waals surface area (Å²) in [5.41, 5.74) is 2.26. The Labute approximate surface area is 147 Å². The topological polar surface area (TPSA) is 50.4 Å². The van der Waals surface area contributed by atoms with E-state index in [-0.39, 0.29) is 12.1 Å². The Hall–Kier alpha value is -1.55. The highest BCUT2D eigenvalue weighted by atomic mass is 16.6. The normalized spacial score (nSPS) is 14.1. The molecule has 1 aromatic carbocycles. The van der Waals surface area contributed by atoms with Gasteiger partial charge in [0.15, 0.2) is 0 Å². The van der Waals surface area contributed by atoms with E-state index in [2.05, 4.69) is 48.7 Å². The SMILES string of the molecule is Cc1cccc(CCC(C)NCCC(C)NC(=O)OC(C)(C)C)c1. The molecule has 2 unspecified atom stereocenters. The largest absolute Gasteiger partial charge is 0.444 e. The quantitative estimate of drug-likeness (QED) is 0.749. The van der Waals surface area contributed by atoms with Crippen molar-refractivity contribution in [3.8, 4) is 0 Å². The summed E-state index contributed by atoms with van der Waals surface area (Å²) in [5.74, 6) is 0. The Morgan fingerprint density at radius 3 is 2.50 bits per heavy atom. The second kappa shape index (κ2) is 9.67. The molecule has 136 valence electrons. The predicted octanol–water partition coefficient (Wildman–Crippen LogP) is 4.21. The van der Waals surface area contributed by atoms with Gasteiger partial charge in [-0.05, 0) is 72.9 Å². The molecule has 0 fully saturated rings. The van der Waals surface area contributed by atoms with Gasteiger partial charge in [0, 0.05) is 12.1 Å². The maximum Gasteiger partial charge on any atom is 0.407 e. The minimum Gasteiger partial charge on any atom is -0.444 e. The van der Waals surface area contributed by atoms with Crippen LogP contribution in [0, 0.1) is 6.92 Å². The molecule has 2 atom stereocenters. The third-order valence-corrected chi connectivity index (χ3v) is 3.78. The molecule has 4 heteroatoms. The number of carbonyl (C=O) groups is 1. The van der Waals surface area contributed by atoms with Gasteiger partial charge in [-0.2, -0.15) is 0 Å². The highest BCUT2D eigenvalue weighted by Crippen LogP contribution is 2.09. The molecule has 0 saturated heterocycles. The van der Waals surface area contributed by atoms with Crippen LogP contribution in [-0.4, -0.2) is 30.3 Å². The molecule has 0 spiro atoms.